The molecule has 8 heteroatoms. The molecule has 3 N–H and O–H groups in total. The van der Waals surface area contributed by atoms with Gasteiger partial charge in [0.05, 0.1) is 37.4 Å². The van der Waals surface area contributed by atoms with Crippen LogP contribution in [0.1, 0.15) is 45.9 Å². The number of nitrogens with zero attached hydrogens (tertiary/aromatic N) is 2. The Bertz CT molecular complexity index is 632. The molecule has 0 aromatic carbocycles. The number of hydrogen-bond acceptors (Lipinski definition) is 4. The summed E-state index contributed by atoms with van der Waals surface area (Å²) in [6.45, 7) is 13.6. The molecular weight excluding hydrogens is 338 g/mol. The summed E-state index contributed by atoms with van der Waals surface area (Å²) in [6.07, 6.45) is 0. The van der Waals surface area contributed by atoms with Crippen LogP contribution in [0.2, 0.25) is 0 Å². The van der Waals surface area contributed by atoms with Crippen LogP contribution in [0.25, 0.3) is 0 Å². The lowest BCUT2D eigenvalue weighted by Gasteiger charge is -2.23. The molecule has 1 aliphatic rings. The van der Waals surface area contributed by atoms with Crippen molar-refractivity contribution in [2.24, 2.45) is 0 Å². The first-order valence-electron chi connectivity index (χ1n) is 8.89. The minimum Gasteiger partial charge on any atom is -0.342 e. The van der Waals surface area contributed by atoms with Crippen molar-refractivity contribution in [3.05, 3.63) is 11.3 Å². The van der Waals surface area contributed by atoms with Crippen molar-refractivity contribution in [3.63, 3.8) is 0 Å². The topological polar surface area (TPSA) is 80.5 Å². The SMILES string of the molecule is CC[NH+](CC)CCNC(=O)C(=O)Nc1c2c(nn1C(C)(C)C)CSC2. The average molecular weight is 369 g/mol. The molecule has 0 saturated heterocycles. The number of anilines is 1. The lowest BCUT2D eigenvalue weighted by molar-refractivity contribution is -0.895. The molecule has 2 heterocycles. The summed E-state index contributed by atoms with van der Waals surface area (Å²) in [5.74, 6) is 1.10. The summed E-state index contributed by atoms with van der Waals surface area (Å²) in [6, 6.07) is 0. The first kappa shape index (κ1) is 19.8. The van der Waals surface area contributed by atoms with Gasteiger partial charge in [-0.2, -0.15) is 16.9 Å². The second-order valence-electron chi connectivity index (χ2n) is 7.27. The van der Waals surface area contributed by atoms with Gasteiger partial charge in [-0.3, -0.25) is 9.59 Å². The minimum absolute atomic E-state index is 0.264. The molecule has 0 unspecified atom stereocenters. The molecule has 0 fully saturated rings. The lowest BCUT2D eigenvalue weighted by Crippen LogP contribution is -3.12. The molecule has 2 amide bonds. The minimum atomic E-state index is -0.625. The number of rotatable bonds is 6. The van der Waals surface area contributed by atoms with E-state index in [-0.39, 0.29) is 5.54 Å². The first-order chi connectivity index (χ1) is 11.8. The Hall–Kier alpha value is -1.54. The molecule has 0 spiro atoms. The molecule has 140 valence electrons. The van der Waals surface area contributed by atoms with Crippen molar-refractivity contribution in [1.29, 1.82) is 0 Å². The predicted molar refractivity (Wildman–Crippen MR) is 101 cm³/mol. The van der Waals surface area contributed by atoms with E-state index in [0.29, 0.717) is 12.4 Å². The Kier molecular flexibility index (Phi) is 6.51. The summed E-state index contributed by atoms with van der Waals surface area (Å²) in [5.41, 5.74) is 1.77. The number of fused-ring (bicyclic) bond motifs is 1. The van der Waals surface area contributed by atoms with Crippen LogP contribution in [0.4, 0.5) is 5.82 Å². The molecule has 0 radical (unpaired) electrons. The Morgan fingerprint density at radius 2 is 1.88 bits per heavy atom. The van der Waals surface area contributed by atoms with Crippen LogP contribution in [-0.4, -0.2) is 47.8 Å². The van der Waals surface area contributed by atoms with Crippen LogP contribution in [0.5, 0.6) is 0 Å². The van der Waals surface area contributed by atoms with Crippen LogP contribution in [0, 0.1) is 0 Å². The first-order valence-corrected chi connectivity index (χ1v) is 10.0. The second-order valence-corrected chi connectivity index (χ2v) is 8.25. The van der Waals surface area contributed by atoms with E-state index in [4.69, 9.17) is 0 Å². The van der Waals surface area contributed by atoms with E-state index in [0.717, 1.165) is 42.4 Å². The number of thioether (sulfide) groups is 1. The number of hydrogen-bond donors (Lipinski definition) is 3. The monoisotopic (exact) mass is 368 g/mol. The Labute approximate surface area is 153 Å². The van der Waals surface area contributed by atoms with Gasteiger partial charge in [0.2, 0.25) is 0 Å². The van der Waals surface area contributed by atoms with Crippen molar-refractivity contribution in [2.45, 2.75) is 51.7 Å². The molecule has 25 heavy (non-hydrogen) atoms. The molecule has 7 nitrogen and oxygen atoms in total. The summed E-state index contributed by atoms with van der Waals surface area (Å²) < 4.78 is 1.82. The van der Waals surface area contributed by atoms with E-state index >= 15 is 0 Å². The molecule has 1 aromatic heterocycles. The Balaban J connectivity index is 2.02. The smallest absolute Gasteiger partial charge is 0.314 e. The third-order valence-corrected chi connectivity index (χ3v) is 5.36. The zero-order valence-electron chi connectivity index (χ0n) is 15.9. The fourth-order valence-electron chi connectivity index (χ4n) is 2.83. The highest BCUT2D eigenvalue weighted by Gasteiger charge is 2.29. The number of carbonyl (C=O) groups excluding carboxylic acids is 2. The quantitative estimate of drug-likeness (QED) is 0.634. The van der Waals surface area contributed by atoms with Gasteiger partial charge < -0.3 is 15.5 Å². The summed E-state index contributed by atoms with van der Waals surface area (Å²) >= 11 is 1.77. The normalized spacial score (nSPS) is 13.8. The fraction of sp³-hybridized carbons (Fsp3) is 0.706. The van der Waals surface area contributed by atoms with E-state index < -0.39 is 11.8 Å². The van der Waals surface area contributed by atoms with E-state index in [1.54, 1.807) is 11.8 Å². The zero-order chi connectivity index (χ0) is 18.6. The van der Waals surface area contributed by atoms with Crippen LogP contribution < -0.4 is 15.5 Å². The van der Waals surface area contributed by atoms with Crippen molar-refractivity contribution in [2.75, 3.05) is 31.5 Å². The van der Waals surface area contributed by atoms with Crippen molar-refractivity contribution in [1.82, 2.24) is 15.1 Å². The highest BCUT2D eigenvalue weighted by molar-refractivity contribution is 7.98. The van der Waals surface area contributed by atoms with Gasteiger partial charge >= 0.3 is 11.8 Å². The third-order valence-electron chi connectivity index (χ3n) is 4.39. The van der Waals surface area contributed by atoms with Gasteiger partial charge in [-0.05, 0) is 34.6 Å². The van der Waals surface area contributed by atoms with Crippen molar-refractivity contribution >= 4 is 29.4 Å². The lowest BCUT2D eigenvalue weighted by atomic mass is 10.1. The van der Waals surface area contributed by atoms with Gasteiger partial charge in [0.1, 0.15) is 5.82 Å². The second kappa shape index (κ2) is 8.23. The third kappa shape index (κ3) is 4.76. The average Bonchev–Trinajstić information content (AvgIpc) is 3.13. The number of nitrogens with one attached hydrogen (secondary N) is 3. The van der Waals surface area contributed by atoms with Crippen molar-refractivity contribution < 1.29 is 14.5 Å². The number of amides is 2. The Morgan fingerprint density at radius 1 is 1.20 bits per heavy atom. The van der Waals surface area contributed by atoms with Gasteiger partial charge in [-0.25, -0.2) is 4.68 Å². The molecule has 0 aliphatic carbocycles. The standard InChI is InChI=1S/C17H29N5O2S/c1-6-21(7-2)9-8-18-15(23)16(24)19-14-12-10-25-11-13(12)20-22(14)17(3,4)5/h6-11H2,1-5H3,(H,18,23)(H,19,24)/p+1. The molecule has 0 saturated carbocycles. The summed E-state index contributed by atoms with van der Waals surface area (Å²) in [4.78, 5) is 25.8. The van der Waals surface area contributed by atoms with Gasteiger partial charge in [0.25, 0.3) is 0 Å². The summed E-state index contributed by atoms with van der Waals surface area (Å²) in [7, 11) is 0. The maximum Gasteiger partial charge on any atom is 0.314 e. The summed E-state index contributed by atoms with van der Waals surface area (Å²) in [5, 5.41) is 10.1. The number of aromatic nitrogens is 2. The molecule has 0 bridgehead atoms. The molecule has 2 rings (SSSR count). The van der Waals surface area contributed by atoms with E-state index in [1.807, 2.05) is 25.5 Å². The van der Waals surface area contributed by atoms with Crippen molar-refractivity contribution in [3.8, 4) is 0 Å². The fourth-order valence-corrected chi connectivity index (χ4v) is 3.86. The van der Waals surface area contributed by atoms with Gasteiger partial charge in [0.15, 0.2) is 0 Å². The van der Waals surface area contributed by atoms with Gasteiger partial charge in [-0.1, -0.05) is 0 Å². The maximum absolute atomic E-state index is 12.3. The van der Waals surface area contributed by atoms with Gasteiger partial charge in [0, 0.05) is 17.1 Å². The van der Waals surface area contributed by atoms with E-state index in [1.165, 1.54) is 4.90 Å². The van der Waals surface area contributed by atoms with Gasteiger partial charge in [-0.15, -0.1) is 0 Å². The van der Waals surface area contributed by atoms with Crippen LogP contribution in [-0.2, 0) is 26.6 Å². The zero-order valence-corrected chi connectivity index (χ0v) is 16.7. The number of likely N-dealkylation sites (N-methyl/N-ethyl adjacent to an activating group) is 1. The molecule has 1 aromatic rings. The highest BCUT2D eigenvalue weighted by Crippen LogP contribution is 2.37. The molecule has 0 atom stereocenters. The predicted octanol–water partition coefficient (Wildman–Crippen LogP) is 0.364. The van der Waals surface area contributed by atoms with Crippen LogP contribution in [0.15, 0.2) is 0 Å². The highest BCUT2D eigenvalue weighted by atomic mass is 32.2. The van der Waals surface area contributed by atoms with E-state index in [2.05, 4.69) is 29.6 Å². The Morgan fingerprint density at radius 3 is 2.48 bits per heavy atom. The molecule has 1 aliphatic heterocycles. The largest absolute Gasteiger partial charge is 0.342 e. The number of quaternary nitrogens is 1. The maximum atomic E-state index is 12.3. The van der Waals surface area contributed by atoms with Crippen LogP contribution in [0.3, 0.4) is 0 Å². The number of carbonyl (C=O) groups is 2. The van der Waals surface area contributed by atoms with Crippen LogP contribution >= 0.6 is 11.8 Å². The molecular formula is C17H30N5O2S+. The van der Waals surface area contributed by atoms with E-state index in [9.17, 15) is 9.59 Å².